The quantitative estimate of drug-likeness (QED) is 0.626. The Kier molecular flexibility index (Phi) is 6.09. The predicted octanol–water partition coefficient (Wildman–Crippen LogP) is 1.34. The minimum atomic E-state index is -3.80. The third kappa shape index (κ3) is 5.04. The number of hydrogen-bond donors (Lipinski definition) is 2. The zero-order valence-electron chi connectivity index (χ0n) is 11.4. The number of nitro groups is 1. The van der Waals surface area contributed by atoms with E-state index in [9.17, 15) is 18.5 Å². The van der Waals surface area contributed by atoms with E-state index in [0.717, 1.165) is 6.07 Å². The molecule has 0 saturated carbocycles. The molecule has 1 aromatic rings. The van der Waals surface area contributed by atoms with Crippen LogP contribution in [0.2, 0.25) is 0 Å². The van der Waals surface area contributed by atoms with Crippen LogP contribution in [0.1, 0.15) is 19.4 Å². The third-order valence-electron chi connectivity index (χ3n) is 2.41. The molecule has 114 valence electrons. The first kappa shape index (κ1) is 18.8. The van der Waals surface area contributed by atoms with Crippen LogP contribution in [0.4, 0.5) is 5.69 Å². The zero-order valence-corrected chi connectivity index (χ0v) is 13.0. The highest BCUT2D eigenvalue weighted by Gasteiger charge is 2.21. The summed E-state index contributed by atoms with van der Waals surface area (Å²) in [5.41, 5.74) is 5.16. The summed E-state index contributed by atoms with van der Waals surface area (Å²) in [4.78, 5) is 10.0. The summed E-state index contributed by atoms with van der Waals surface area (Å²) >= 11 is 0. The molecule has 0 radical (unpaired) electrons. The maximum absolute atomic E-state index is 12.0. The highest BCUT2D eigenvalue weighted by Crippen LogP contribution is 2.22. The number of sulfonamides is 1. The molecule has 0 bridgehead atoms. The summed E-state index contributed by atoms with van der Waals surface area (Å²) < 4.78 is 26.3. The first-order valence-corrected chi connectivity index (χ1v) is 7.05. The lowest BCUT2D eigenvalue weighted by Gasteiger charge is -2.18. The van der Waals surface area contributed by atoms with Crippen LogP contribution in [0.5, 0.6) is 0 Å². The van der Waals surface area contributed by atoms with Crippen LogP contribution in [-0.2, 0) is 10.0 Å². The first-order chi connectivity index (χ1) is 8.53. The SMILES string of the molecule is Cc1ccc(S(=O)(=O)NCC(C)(C)N)cc1[N+](=O)[O-].Cl. The molecular formula is C11H18ClN3O4S. The van der Waals surface area contributed by atoms with Crippen LogP contribution in [0.3, 0.4) is 0 Å². The van der Waals surface area contributed by atoms with Crippen molar-refractivity contribution in [3.63, 3.8) is 0 Å². The van der Waals surface area contributed by atoms with Crippen molar-refractivity contribution in [2.24, 2.45) is 5.73 Å². The summed E-state index contributed by atoms with van der Waals surface area (Å²) in [6, 6.07) is 3.77. The van der Waals surface area contributed by atoms with E-state index in [1.54, 1.807) is 20.8 Å². The van der Waals surface area contributed by atoms with E-state index in [-0.39, 0.29) is 29.5 Å². The molecule has 7 nitrogen and oxygen atoms in total. The van der Waals surface area contributed by atoms with Gasteiger partial charge < -0.3 is 5.73 Å². The number of aryl methyl sites for hydroxylation is 1. The van der Waals surface area contributed by atoms with Gasteiger partial charge in [0, 0.05) is 23.7 Å². The second-order valence-corrected chi connectivity index (χ2v) is 6.79. The van der Waals surface area contributed by atoms with Gasteiger partial charge in [-0.05, 0) is 26.8 Å². The molecule has 3 N–H and O–H groups in total. The van der Waals surface area contributed by atoms with E-state index in [2.05, 4.69) is 4.72 Å². The van der Waals surface area contributed by atoms with Crippen molar-refractivity contribution < 1.29 is 13.3 Å². The molecule has 1 aromatic carbocycles. The number of benzene rings is 1. The lowest BCUT2D eigenvalue weighted by Crippen LogP contribution is -2.45. The van der Waals surface area contributed by atoms with Crippen LogP contribution in [0.15, 0.2) is 23.1 Å². The van der Waals surface area contributed by atoms with Gasteiger partial charge in [-0.2, -0.15) is 0 Å². The van der Waals surface area contributed by atoms with Crippen LogP contribution in [0.25, 0.3) is 0 Å². The standard InChI is InChI=1S/C11H17N3O4S.ClH/c1-8-4-5-9(6-10(8)14(15)16)19(17,18)13-7-11(2,3)12;/h4-6,13H,7,12H2,1-3H3;1H. The Morgan fingerprint density at radius 2 is 1.95 bits per heavy atom. The smallest absolute Gasteiger partial charge is 0.273 e. The normalized spacial score (nSPS) is 11.8. The molecule has 0 aliphatic carbocycles. The molecule has 0 fully saturated rings. The van der Waals surface area contributed by atoms with Crippen molar-refractivity contribution in [1.82, 2.24) is 4.72 Å². The largest absolute Gasteiger partial charge is 0.324 e. The molecule has 0 saturated heterocycles. The molecule has 9 heteroatoms. The number of nitro benzene ring substituents is 1. The van der Waals surface area contributed by atoms with Crippen LogP contribution in [-0.4, -0.2) is 25.4 Å². The summed E-state index contributed by atoms with van der Waals surface area (Å²) in [5, 5.41) is 10.8. The maximum atomic E-state index is 12.0. The average molecular weight is 324 g/mol. The number of nitrogens with one attached hydrogen (secondary N) is 1. The molecule has 0 spiro atoms. The lowest BCUT2D eigenvalue weighted by molar-refractivity contribution is -0.385. The van der Waals surface area contributed by atoms with Crippen molar-refractivity contribution in [2.45, 2.75) is 31.2 Å². The molecule has 0 amide bonds. The first-order valence-electron chi connectivity index (χ1n) is 5.56. The number of halogens is 1. The van der Waals surface area contributed by atoms with Gasteiger partial charge in [0.1, 0.15) is 0 Å². The monoisotopic (exact) mass is 323 g/mol. The Morgan fingerprint density at radius 1 is 1.40 bits per heavy atom. The van der Waals surface area contributed by atoms with Crippen LogP contribution in [0, 0.1) is 17.0 Å². The fraction of sp³-hybridized carbons (Fsp3) is 0.455. The molecule has 0 unspecified atom stereocenters. The van der Waals surface area contributed by atoms with Gasteiger partial charge in [0.05, 0.1) is 9.82 Å². The van der Waals surface area contributed by atoms with E-state index in [4.69, 9.17) is 5.73 Å². The van der Waals surface area contributed by atoms with Gasteiger partial charge >= 0.3 is 0 Å². The van der Waals surface area contributed by atoms with Crippen molar-refractivity contribution in [3.05, 3.63) is 33.9 Å². The van der Waals surface area contributed by atoms with Crippen molar-refractivity contribution in [2.75, 3.05) is 6.54 Å². The van der Waals surface area contributed by atoms with Gasteiger partial charge in [-0.15, -0.1) is 12.4 Å². The Morgan fingerprint density at radius 3 is 2.40 bits per heavy atom. The third-order valence-corrected chi connectivity index (χ3v) is 3.80. The maximum Gasteiger partial charge on any atom is 0.273 e. The topological polar surface area (TPSA) is 115 Å². The van der Waals surface area contributed by atoms with Crippen molar-refractivity contribution >= 4 is 28.1 Å². The van der Waals surface area contributed by atoms with Crippen molar-refractivity contribution in [1.29, 1.82) is 0 Å². The Balaban J connectivity index is 0.00000361. The van der Waals surface area contributed by atoms with Crippen molar-refractivity contribution in [3.8, 4) is 0 Å². The molecule has 0 aromatic heterocycles. The minimum Gasteiger partial charge on any atom is -0.324 e. The fourth-order valence-electron chi connectivity index (χ4n) is 1.32. The Bertz CT molecular complexity index is 596. The summed E-state index contributed by atoms with van der Waals surface area (Å²) in [5.74, 6) is 0. The lowest BCUT2D eigenvalue weighted by atomic mass is 10.1. The van der Waals surface area contributed by atoms with Gasteiger partial charge in [-0.3, -0.25) is 10.1 Å². The Hall–Kier alpha value is -1.22. The summed E-state index contributed by atoms with van der Waals surface area (Å²) in [6.07, 6.45) is 0. The molecule has 0 aliphatic rings. The predicted molar refractivity (Wildman–Crippen MR) is 78.5 cm³/mol. The van der Waals surface area contributed by atoms with Gasteiger partial charge in [0.2, 0.25) is 10.0 Å². The number of nitrogens with zero attached hydrogens (tertiary/aromatic N) is 1. The zero-order chi connectivity index (χ0) is 14.8. The molecule has 20 heavy (non-hydrogen) atoms. The highest BCUT2D eigenvalue weighted by molar-refractivity contribution is 7.89. The number of nitrogens with two attached hydrogens (primary N) is 1. The highest BCUT2D eigenvalue weighted by atomic mass is 35.5. The van der Waals surface area contributed by atoms with Gasteiger partial charge in [-0.25, -0.2) is 13.1 Å². The summed E-state index contributed by atoms with van der Waals surface area (Å²) in [7, 11) is -3.80. The number of rotatable bonds is 5. The molecule has 0 heterocycles. The molecule has 1 rings (SSSR count). The van der Waals surface area contributed by atoms with Gasteiger partial charge in [0.15, 0.2) is 0 Å². The van der Waals surface area contributed by atoms with Crippen LogP contribution >= 0.6 is 12.4 Å². The second kappa shape index (κ2) is 6.49. The summed E-state index contributed by atoms with van der Waals surface area (Å²) in [6.45, 7) is 4.93. The minimum absolute atomic E-state index is 0. The fourth-order valence-corrected chi connectivity index (χ4v) is 2.56. The van der Waals surface area contributed by atoms with E-state index < -0.39 is 20.5 Å². The Labute approximate surface area is 124 Å². The van der Waals surface area contributed by atoms with Crippen LogP contribution < -0.4 is 10.5 Å². The van der Waals surface area contributed by atoms with E-state index in [1.807, 2.05) is 0 Å². The van der Waals surface area contributed by atoms with Gasteiger partial charge in [-0.1, -0.05) is 6.07 Å². The number of hydrogen-bond acceptors (Lipinski definition) is 5. The van der Waals surface area contributed by atoms with Gasteiger partial charge in [0.25, 0.3) is 5.69 Å². The molecular weight excluding hydrogens is 306 g/mol. The van der Waals surface area contributed by atoms with E-state index in [1.165, 1.54) is 12.1 Å². The van der Waals surface area contributed by atoms with E-state index >= 15 is 0 Å². The molecule has 0 aliphatic heterocycles. The molecule has 0 atom stereocenters. The average Bonchev–Trinajstić information content (AvgIpc) is 2.25. The van der Waals surface area contributed by atoms with E-state index in [0.29, 0.717) is 5.56 Å². The second-order valence-electron chi connectivity index (χ2n) is 5.02.